The van der Waals surface area contributed by atoms with Crippen LogP contribution in [0.1, 0.15) is 12.8 Å². The Bertz CT molecular complexity index is 225. The van der Waals surface area contributed by atoms with Crippen molar-refractivity contribution in [2.75, 3.05) is 26.4 Å². The van der Waals surface area contributed by atoms with Crippen LogP contribution in [-0.4, -0.2) is 37.8 Å². The second kappa shape index (κ2) is 5.72. The third-order valence-electron chi connectivity index (χ3n) is 2.35. The monoisotopic (exact) mass is 214 g/mol. The van der Waals surface area contributed by atoms with Gasteiger partial charge in [0.25, 0.3) is 0 Å². The number of carbonyl (C=O) groups excluding carboxylic acids is 1. The number of carbonyl (C=O) groups is 1. The van der Waals surface area contributed by atoms with E-state index < -0.39 is 5.54 Å². The first-order valence-corrected chi connectivity index (χ1v) is 5.06. The third-order valence-corrected chi connectivity index (χ3v) is 2.35. The highest BCUT2D eigenvalue weighted by Crippen LogP contribution is 2.15. The highest BCUT2D eigenvalue weighted by molar-refractivity contribution is 5.86. The van der Waals surface area contributed by atoms with Crippen molar-refractivity contribution < 1.29 is 14.3 Å². The first-order chi connectivity index (χ1) is 7.19. The van der Waals surface area contributed by atoms with Crippen LogP contribution in [0.3, 0.4) is 0 Å². The molecule has 0 aromatic carbocycles. The molecule has 1 heterocycles. The van der Waals surface area contributed by atoms with E-state index in [4.69, 9.17) is 15.2 Å². The van der Waals surface area contributed by atoms with Crippen molar-refractivity contribution in [3.05, 3.63) is 12.8 Å². The molecule has 1 aliphatic rings. The lowest BCUT2D eigenvalue weighted by Gasteiger charge is -2.20. The normalized spacial score (nSPS) is 24.9. The molecule has 1 fully saturated rings. The zero-order valence-electron chi connectivity index (χ0n) is 8.83. The van der Waals surface area contributed by atoms with Gasteiger partial charge in [0.1, 0.15) is 5.54 Å². The zero-order valence-corrected chi connectivity index (χ0v) is 8.83. The quantitative estimate of drug-likeness (QED) is 0.473. The summed E-state index contributed by atoms with van der Waals surface area (Å²) in [6, 6.07) is 0. The fraction of sp³-hybridized carbons (Fsp3) is 0.700. The number of rotatable bonds is 6. The molecular formula is C10H18N2O3. The van der Waals surface area contributed by atoms with Crippen LogP contribution in [0.4, 0.5) is 0 Å². The molecule has 0 aromatic rings. The van der Waals surface area contributed by atoms with Crippen LogP contribution in [-0.2, 0) is 14.3 Å². The molecule has 1 amide bonds. The molecule has 0 bridgehead atoms. The van der Waals surface area contributed by atoms with Crippen molar-refractivity contribution in [2.24, 2.45) is 5.73 Å². The van der Waals surface area contributed by atoms with Gasteiger partial charge in [0.15, 0.2) is 0 Å². The van der Waals surface area contributed by atoms with Crippen LogP contribution < -0.4 is 11.1 Å². The Morgan fingerprint density at radius 3 is 3.13 bits per heavy atom. The Kier molecular flexibility index (Phi) is 4.58. The van der Waals surface area contributed by atoms with Gasteiger partial charge in [-0.05, 0) is 12.8 Å². The smallest absolute Gasteiger partial charge is 0.242 e. The average Bonchev–Trinajstić information content (AvgIpc) is 2.66. The zero-order chi connectivity index (χ0) is 11.1. The van der Waals surface area contributed by atoms with Gasteiger partial charge in [-0.1, -0.05) is 6.58 Å². The lowest BCUT2D eigenvalue weighted by molar-refractivity contribution is -0.126. The van der Waals surface area contributed by atoms with Crippen LogP contribution in [0.25, 0.3) is 0 Å². The maximum Gasteiger partial charge on any atom is 0.242 e. The Morgan fingerprint density at radius 1 is 1.73 bits per heavy atom. The van der Waals surface area contributed by atoms with E-state index in [2.05, 4.69) is 11.9 Å². The topological polar surface area (TPSA) is 73.6 Å². The van der Waals surface area contributed by atoms with Crippen molar-refractivity contribution in [3.8, 4) is 0 Å². The molecule has 0 radical (unpaired) electrons. The number of hydrogen-bond acceptors (Lipinski definition) is 4. The first kappa shape index (κ1) is 12.0. The van der Waals surface area contributed by atoms with Crippen LogP contribution >= 0.6 is 0 Å². The molecule has 0 saturated carbocycles. The van der Waals surface area contributed by atoms with Gasteiger partial charge >= 0.3 is 0 Å². The van der Waals surface area contributed by atoms with E-state index in [0.29, 0.717) is 32.8 Å². The first-order valence-electron chi connectivity index (χ1n) is 5.06. The molecule has 1 aliphatic heterocycles. The molecule has 5 heteroatoms. The van der Waals surface area contributed by atoms with Crippen molar-refractivity contribution >= 4 is 5.91 Å². The Balaban J connectivity index is 2.15. The third kappa shape index (κ3) is 3.53. The summed E-state index contributed by atoms with van der Waals surface area (Å²) in [5, 5.41) is 2.77. The molecule has 0 aromatic heterocycles. The minimum atomic E-state index is -0.834. The van der Waals surface area contributed by atoms with Crippen molar-refractivity contribution in [1.29, 1.82) is 0 Å². The molecule has 0 aliphatic carbocycles. The maximum absolute atomic E-state index is 11.6. The summed E-state index contributed by atoms with van der Waals surface area (Å²) in [6.45, 7) is 5.40. The van der Waals surface area contributed by atoms with Gasteiger partial charge in [-0.3, -0.25) is 4.79 Å². The van der Waals surface area contributed by atoms with Gasteiger partial charge in [-0.25, -0.2) is 0 Å². The molecule has 1 rings (SSSR count). The van der Waals surface area contributed by atoms with Crippen molar-refractivity contribution in [1.82, 2.24) is 5.32 Å². The summed E-state index contributed by atoms with van der Waals surface area (Å²) in [4.78, 5) is 11.6. The molecule has 15 heavy (non-hydrogen) atoms. The maximum atomic E-state index is 11.6. The number of nitrogens with one attached hydrogen (secondary N) is 1. The number of ether oxygens (including phenoxy) is 2. The van der Waals surface area contributed by atoms with E-state index in [-0.39, 0.29) is 5.91 Å². The van der Waals surface area contributed by atoms with Gasteiger partial charge in [-0.2, -0.15) is 0 Å². The fourth-order valence-corrected chi connectivity index (χ4v) is 1.38. The Morgan fingerprint density at radius 2 is 2.53 bits per heavy atom. The molecule has 1 unspecified atom stereocenters. The number of amides is 1. The highest BCUT2D eigenvalue weighted by Gasteiger charge is 2.37. The minimum Gasteiger partial charge on any atom is -0.502 e. The van der Waals surface area contributed by atoms with Crippen LogP contribution in [0.15, 0.2) is 12.8 Å². The van der Waals surface area contributed by atoms with E-state index in [1.165, 1.54) is 6.26 Å². The van der Waals surface area contributed by atoms with Gasteiger partial charge in [-0.15, -0.1) is 0 Å². The van der Waals surface area contributed by atoms with Crippen molar-refractivity contribution in [2.45, 2.75) is 18.4 Å². The molecular weight excluding hydrogens is 196 g/mol. The molecule has 0 spiro atoms. The fourth-order valence-electron chi connectivity index (χ4n) is 1.38. The summed E-state index contributed by atoms with van der Waals surface area (Å²) in [5.41, 5.74) is 5.02. The minimum absolute atomic E-state index is 0.140. The number of nitrogens with two attached hydrogens (primary N) is 1. The van der Waals surface area contributed by atoms with E-state index in [0.717, 1.165) is 6.42 Å². The second-order valence-electron chi connectivity index (χ2n) is 3.61. The van der Waals surface area contributed by atoms with Gasteiger partial charge in [0, 0.05) is 13.2 Å². The van der Waals surface area contributed by atoms with E-state index in [1.54, 1.807) is 0 Å². The molecule has 1 atom stereocenters. The standard InChI is InChI=1S/C10H18N2O3/c1-2-14-6-3-5-12-9(13)10(11)4-7-15-8-10/h2H,1,3-8,11H2,(H,12,13). The highest BCUT2D eigenvalue weighted by atomic mass is 16.5. The largest absolute Gasteiger partial charge is 0.502 e. The van der Waals surface area contributed by atoms with Gasteiger partial charge < -0.3 is 20.5 Å². The molecule has 3 N–H and O–H groups in total. The lowest BCUT2D eigenvalue weighted by atomic mass is 9.99. The van der Waals surface area contributed by atoms with Crippen LogP contribution in [0.2, 0.25) is 0 Å². The van der Waals surface area contributed by atoms with Gasteiger partial charge in [0.05, 0.1) is 19.5 Å². The van der Waals surface area contributed by atoms with E-state index >= 15 is 0 Å². The SMILES string of the molecule is C=COCCCNC(=O)C1(N)CCOC1. The molecule has 5 nitrogen and oxygen atoms in total. The second-order valence-corrected chi connectivity index (χ2v) is 3.61. The van der Waals surface area contributed by atoms with E-state index in [9.17, 15) is 4.79 Å². The molecule has 86 valence electrons. The summed E-state index contributed by atoms with van der Waals surface area (Å²) >= 11 is 0. The predicted molar refractivity (Wildman–Crippen MR) is 56.1 cm³/mol. The summed E-state index contributed by atoms with van der Waals surface area (Å²) in [6.07, 6.45) is 2.72. The van der Waals surface area contributed by atoms with Gasteiger partial charge in [0.2, 0.25) is 5.91 Å². The molecule has 1 saturated heterocycles. The van der Waals surface area contributed by atoms with Crippen LogP contribution in [0, 0.1) is 0 Å². The van der Waals surface area contributed by atoms with Crippen molar-refractivity contribution in [3.63, 3.8) is 0 Å². The number of hydrogen-bond donors (Lipinski definition) is 2. The van der Waals surface area contributed by atoms with E-state index in [1.807, 2.05) is 0 Å². The lowest BCUT2D eigenvalue weighted by Crippen LogP contribution is -2.54. The Labute approximate surface area is 89.6 Å². The average molecular weight is 214 g/mol. The Hall–Kier alpha value is -1.07. The summed E-state index contributed by atoms with van der Waals surface area (Å²) in [7, 11) is 0. The summed E-state index contributed by atoms with van der Waals surface area (Å²) < 4.78 is 10.0. The van der Waals surface area contributed by atoms with Crippen LogP contribution in [0.5, 0.6) is 0 Å². The summed E-state index contributed by atoms with van der Waals surface area (Å²) in [5.74, 6) is -0.140. The predicted octanol–water partition coefficient (Wildman–Crippen LogP) is -0.229.